The molecule has 0 atom stereocenters. The number of carbonyl (C=O) groups is 1. The van der Waals surface area contributed by atoms with Gasteiger partial charge in [0.2, 0.25) is 5.01 Å². The van der Waals surface area contributed by atoms with E-state index in [9.17, 15) is 4.79 Å². The normalized spacial score (nSPS) is 11.2. The van der Waals surface area contributed by atoms with Crippen LogP contribution in [0.2, 0.25) is 0 Å². The molecule has 0 spiro atoms. The van der Waals surface area contributed by atoms with Gasteiger partial charge in [-0.3, -0.25) is 4.79 Å². The highest BCUT2D eigenvalue weighted by molar-refractivity contribution is 7.09. The molecular weight excluding hydrogens is 632 g/mol. The Labute approximate surface area is 281 Å². The number of hydrogen-bond donors (Lipinski definition) is 1. The second kappa shape index (κ2) is 20.6. The Morgan fingerprint density at radius 2 is 1.50 bits per heavy atom. The van der Waals surface area contributed by atoms with Gasteiger partial charge >= 0.3 is 0 Å². The number of benzene rings is 2. The Morgan fingerprint density at radius 3 is 2.11 bits per heavy atom. The first-order valence-electron chi connectivity index (χ1n) is 16.5. The highest BCUT2D eigenvalue weighted by Crippen LogP contribution is 2.34. The molecule has 0 saturated carbocycles. The molecule has 0 fully saturated rings. The van der Waals surface area contributed by atoms with Crippen LogP contribution in [0.4, 0.5) is 5.69 Å². The minimum atomic E-state index is -0.182. The van der Waals surface area contributed by atoms with Gasteiger partial charge in [0, 0.05) is 18.6 Å². The third-order valence-electron chi connectivity index (χ3n) is 7.90. The number of thiazole rings is 1. The summed E-state index contributed by atoms with van der Waals surface area (Å²) in [5.74, 6) is 1.31. The predicted octanol–water partition coefficient (Wildman–Crippen LogP) is 6.79. The van der Waals surface area contributed by atoms with Gasteiger partial charge in [0.1, 0.15) is 11.5 Å². The van der Waals surface area contributed by atoms with Gasteiger partial charge in [0.25, 0.3) is 5.91 Å². The van der Waals surface area contributed by atoms with E-state index in [0.29, 0.717) is 18.9 Å². The zero-order chi connectivity index (χ0) is 30.9. The number of amides is 1. The Hall–Kier alpha value is -2.38. The molecule has 244 valence electrons. The molecule has 0 aliphatic heterocycles. The molecule has 0 aliphatic carbocycles. The maximum absolute atomic E-state index is 12.9. The van der Waals surface area contributed by atoms with E-state index in [1.165, 1.54) is 75.6 Å². The lowest BCUT2D eigenvalue weighted by atomic mass is 9.86. The molecule has 0 saturated heterocycles. The van der Waals surface area contributed by atoms with Crippen molar-refractivity contribution in [3.63, 3.8) is 0 Å². The van der Waals surface area contributed by atoms with Crippen LogP contribution in [-0.2, 0) is 16.8 Å². The van der Waals surface area contributed by atoms with Gasteiger partial charge in [-0.05, 0) is 29.5 Å². The monoisotopic (exact) mass is 686 g/mol. The molecule has 1 heterocycles. The maximum Gasteiger partial charge on any atom is 0.262 e. The first-order chi connectivity index (χ1) is 20.8. The summed E-state index contributed by atoms with van der Waals surface area (Å²) in [6.45, 7) is 12.3. The molecule has 3 aromatic rings. The Balaban J connectivity index is 0.00000675. The Kier molecular flexibility index (Phi) is 17.7. The highest BCUT2D eigenvalue weighted by Gasteiger charge is 2.20. The fraction of sp³-hybridized carbons (Fsp3) is 0.568. The quantitative estimate of drug-likeness (QED) is 0.105. The van der Waals surface area contributed by atoms with Gasteiger partial charge in [-0.2, -0.15) is 4.57 Å². The van der Waals surface area contributed by atoms with Gasteiger partial charge in [-0.25, -0.2) is 0 Å². The van der Waals surface area contributed by atoms with E-state index < -0.39 is 0 Å². The van der Waals surface area contributed by atoms with Crippen molar-refractivity contribution in [2.45, 2.75) is 124 Å². The average Bonchev–Trinajstić information content (AvgIpc) is 3.38. The fourth-order valence-corrected chi connectivity index (χ4v) is 5.96. The summed E-state index contributed by atoms with van der Waals surface area (Å²) in [5, 5.41) is 6.34. The molecular formula is C37H55BrN2O3S. The van der Waals surface area contributed by atoms with Crippen molar-refractivity contribution in [2.75, 3.05) is 18.5 Å². The number of hydrogen-bond acceptors (Lipinski definition) is 4. The Bertz CT molecular complexity index is 1240. The number of nitrogens with zero attached hydrogens (tertiary/aromatic N) is 1. The van der Waals surface area contributed by atoms with Crippen LogP contribution in [0.5, 0.6) is 11.5 Å². The van der Waals surface area contributed by atoms with Crippen molar-refractivity contribution in [3.05, 3.63) is 70.2 Å². The van der Waals surface area contributed by atoms with Crippen LogP contribution < -0.4 is 36.3 Å². The van der Waals surface area contributed by atoms with Gasteiger partial charge in [0.15, 0.2) is 19.3 Å². The summed E-state index contributed by atoms with van der Waals surface area (Å²) in [4.78, 5) is 12.9. The van der Waals surface area contributed by atoms with Crippen LogP contribution >= 0.6 is 11.3 Å². The largest absolute Gasteiger partial charge is 1.00 e. The van der Waals surface area contributed by atoms with Crippen LogP contribution in [0.15, 0.2) is 54.0 Å². The summed E-state index contributed by atoms with van der Waals surface area (Å²) >= 11 is 1.71. The molecule has 44 heavy (non-hydrogen) atoms. The minimum absolute atomic E-state index is 0. The van der Waals surface area contributed by atoms with Crippen LogP contribution in [0.1, 0.15) is 121 Å². The van der Waals surface area contributed by atoms with Crippen molar-refractivity contribution < 1.29 is 35.8 Å². The molecule has 3 rings (SSSR count). The van der Waals surface area contributed by atoms with Crippen LogP contribution in [-0.4, -0.2) is 19.1 Å². The number of carbonyl (C=O) groups excluding carboxylic acids is 1. The van der Waals surface area contributed by atoms with Crippen molar-refractivity contribution >= 4 is 22.9 Å². The minimum Gasteiger partial charge on any atom is -1.00 e. The molecule has 1 N–H and O–H groups in total. The van der Waals surface area contributed by atoms with Crippen molar-refractivity contribution in [1.29, 1.82) is 0 Å². The molecule has 0 aliphatic rings. The van der Waals surface area contributed by atoms with Gasteiger partial charge < -0.3 is 31.8 Å². The summed E-state index contributed by atoms with van der Waals surface area (Å²) in [6, 6.07) is 13.9. The number of rotatable bonds is 20. The summed E-state index contributed by atoms with van der Waals surface area (Å²) in [6.07, 6.45) is 18.0. The van der Waals surface area contributed by atoms with E-state index >= 15 is 0 Å². The van der Waals surface area contributed by atoms with E-state index in [-0.39, 0.29) is 34.9 Å². The second-order valence-corrected chi connectivity index (χ2v) is 13.8. The first-order valence-corrected chi connectivity index (χ1v) is 17.4. The number of halogens is 1. The summed E-state index contributed by atoms with van der Waals surface area (Å²) < 4.78 is 14.4. The molecule has 2 aromatic carbocycles. The number of unbranched alkanes of at least 4 members (excludes halogenated alkanes) is 11. The topological polar surface area (TPSA) is 51.4 Å². The van der Waals surface area contributed by atoms with E-state index in [1.54, 1.807) is 11.3 Å². The Morgan fingerprint density at radius 1 is 0.864 bits per heavy atom. The number of aryl methyl sites for hydroxylation is 1. The zero-order valence-corrected chi connectivity index (χ0v) is 30.2. The molecule has 0 bridgehead atoms. The number of nitrogens with one attached hydrogen (secondary N) is 1. The second-order valence-electron chi connectivity index (χ2n) is 12.7. The van der Waals surface area contributed by atoms with Crippen LogP contribution in [0.25, 0.3) is 0 Å². The number of ether oxygens (including phenoxy) is 2. The fourth-order valence-electron chi connectivity index (χ4n) is 5.29. The third-order valence-corrected chi connectivity index (χ3v) is 8.74. The van der Waals surface area contributed by atoms with Crippen molar-refractivity contribution in [3.8, 4) is 11.5 Å². The summed E-state index contributed by atoms with van der Waals surface area (Å²) in [5.41, 5.74) is 2.97. The van der Waals surface area contributed by atoms with Crippen molar-refractivity contribution in [1.82, 2.24) is 0 Å². The van der Waals surface area contributed by atoms with Crippen LogP contribution in [0.3, 0.4) is 0 Å². The summed E-state index contributed by atoms with van der Waals surface area (Å²) in [7, 11) is 0. The van der Waals surface area contributed by atoms with Gasteiger partial charge in [0.05, 0.1) is 17.7 Å². The lowest BCUT2D eigenvalue weighted by Gasteiger charge is -2.23. The maximum atomic E-state index is 12.9. The third kappa shape index (κ3) is 13.7. The highest BCUT2D eigenvalue weighted by atomic mass is 79.9. The van der Waals surface area contributed by atoms with E-state index in [4.69, 9.17) is 9.47 Å². The van der Waals surface area contributed by atoms with Crippen molar-refractivity contribution in [2.24, 2.45) is 0 Å². The van der Waals surface area contributed by atoms with E-state index in [0.717, 1.165) is 29.0 Å². The molecule has 1 amide bonds. The van der Waals surface area contributed by atoms with Crippen LogP contribution in [0, 0.1) is 6.92 Å². The SMILES string of the molecule is CCCCCCCCCCCCCCOc1cc(OCC(=O)Nc2ccccc2C[n+]2ccsc2C)ccc1C(C)(C)C.[Br-]. The number of aromatic nitrogens is 1. The average molecular weight is 688 g/mol. The number of para-hydroxylation sites is 1. The predicted molar refractivity (Wildman–Crippen MR) is 181 cm³/mol. The zero-order valence-electron chi connectivity index (χ0n) is 27.8. The molecule has 0 unspecified atom stereocenters. The van der Waals surface area contributed by atoms with Gasteiger partial charge in [-0.15, -0.1) is 0 Å². The smallest absolute Gasteiger partial charge is 0.262 e. The number of anilines is 1. The van der Waals surface area contributed by atoms with E-state index in [2.05, 4.69) is 62.1 Å². The lowest BCUT2D eigenvalue weighted by Crippen LogP contribution is -3.00. The molecule has 7 heteroatoms. The van der Waals surface area contributed by atoms with E-state index in [1.807, 2.05) is 36.4 Å². The standard InChI is InChI=1S/C37H54N2O3S.BrH/c1-6-7-8-9-10-11-12-13-14-15-16-19-25-41-35-27-32(22-23-33(35)37(3,4)5)42-29-36(40)38-34-21-18-17-20-31(34)28-39-24-26-43-30(39)2;/h17-18,20-24,26-27H,6-16,19,25,28-29H2,1-5H3;1H. The molecule has 5 nitrogen and oxygen atoms in total. The first kappa shape index (κ1) is 37.8. The lowest BCUT2D eigenvalue weighted by molar-refractivity contribution is -0.689. The van der Waals surface area contributed by atoms with Gasteiger partial charge in [-0.1, -0.05) is 134 Å². The molecule has 1 aromatic heterocycles. The molecule has 0 radical (unpaired) electrons.